The van der Waals surface area contributed by atoms with Crippen molar-refractivity contribution in [1.29, 1.82) is 0 Å². The first-order valence-electron chi connectivity index (χ1n) is 11.2. The van der Waals surface area contributed by atoms with Gasteiger partial charge in [0.2, 0.25) is 5.91 Å². The Hall–Kier alpha value is -3.13. The Morgan fingerprint density at radius 1 is 1.09 bits per heavy atom. The minimum Gasteiger partial charge on any atom is -0.342 e. The second-order valence-electron chi connectivity index (χ2n) is 7.95. The number of aryl methyl sites for hydroxylation is 3. The Morgan fingerprint density at radius 2 is 1.85 bits per heavy atom. The van der Waals surface area contributed by atoms with E-state index in [0.29, 0.717) is 23.1 Å². The number of hydrogen-bond acceptors (Lipinski definition) is 5. The van der Waals surface area contributed by atoms with Crippen LogP contribution in [0.15, 0.2) is 47.6 Å². The maximum atomic E-state index is 12.6. The van der Waals surface area contributed by atoms with Crippen molar-refractivity contribution >= 4 is 29.3 Å². The number of hydrogen-bond donors (Lipinski definition) is 2. The van der Waals surface area contributed by atoms with Gasteiger partial charge in [-0.05, 0) is 57.4 Å². The zero-order chi connectivity index (χ0) is 24.0. The fourth-order valence-electron chi connectivity index (χ4n) is 3.66. The molecule has 0 spiro atoms. The molecule has 3 rings (SSSR count). The predicted octanol–water partition coefficient (Wildman–Crippen LogP) is 4.70. The third-order valence-electron chi connectivity index (χ3n) is 5.41. The van der Waals surface area contributed by atoms with Crippen LogP contribution in [0.2, 0.25) is 0 Å². The lowest BCUT2D eigenvalue weighted by atomic mass is 10.1. The molecule has 33 heavy (non-hydrogen) atoms. The van der Waals surface area contributed by atoms with Crippen LogP contribution in [0.25, 0.3) is 0 Å². The van der Waals surface area contributed by atoms with E-state index in [1.54, 1.807) is 6.07 Å². The number of rotatable bonds is 9. The Morgan fingerprint density at radius 3 is 2.55 bits per heavy atom. The van der Waals surface area contributed by atoms with Gasteiger partial charge in [0, 0.05) is 17.8 Å². The number of carbonyl (C=O) groups is 2. The van der Waals surface area contributed by atoms with Gasteiger partial charge in [-0.15, -0.1) is 10.2 Å². The van der Waals surface area contributed by atoms with Gasteiger partial charge in [0.15, 0.2) is 11.0 Å². The molecule has 2 amide bonds. The molecular formula is C25H31N5O2S. The van der Waals surface area contributed by atoms with E-state index in [1.807, 2.05) is 68.7 Å². The first-order valence-corrected chi connectivity index (χ1v) is 12.1. The Labute approximate surface area is 199 Å². The third-order valence-corrected chi connectivity index (χ3v) is 6.38. The highest BCUT2D eigenvalue weighted by Crippen LogP contribution is 2.24. The summed E-state index contributed by atoms with van der Waals surface area (Å²) in [5, 5.41) is 15.3. The van der Waals surface area contributed by atoms with Gasteiger partial charge >= 0.3 is 0 Å². The lowest BCUT2D eigenvalue weighted by Crippen LogP contribution is -2.28. The first kappa shape index (κ1) is 24.5. The standard InChI is InChI=1S/C25H31N5O2S/c1-6-19-12-9-11-17(4)22(19)27-21(31)15-33-25-29-28-23(30(25)7-2)18(5)26-24(32)20-13-8-10-16(3)14-20/h8-14,18H,6-7,15H2,1-5H3,(H,26,32)(H,27,31)/t18-/m0/s1. The van der Waals surface area contributed by atoms with E-state index >= 15 is 0 Å². The van der Waals surface area contributed by atoms with Crippen molar-refractivity contribution in [2.24, 2.45) is 0 Å². The average molecular weight is 466 g/mol. The summed E-state index contributed by atoms with van der Waals surface area (Å²) in [6, 6.07) is 13.2. The number of nitrogens with one attached hydrogen (secondary N) is 2. The molecule has 8 heteroatoms. The Bertz CT molecular complexity index is 1140. The lowest BCUT2D eigenvalue weighted by molar-refractivity contribution is -0.113. The summed E-state index contributed by atoms with van der Waals surface area (Å²) in [5.41, 5.74) is 4.69. The molecule has 0 aliphatic carbocycles. The number of aromatic nitrogens is 3. The fourth-order valence-corrected chi connectivity index (χ4v) is 4.47. The highest BCUT2D eigenvalue weighted by molar-refractivity contribution is 7.99. The summed E-state index contributed by atoms with van der Waals surface area (Å²) in [6.45, 7) is 10.5. The summed E-state index contributed by atoms with van der Waals surface area (Å²) < 4.78 is 1.93. The monoisotopic (exact) mass is 465 g/mol. The summed E-state index contributed by atoms with van der Waals surface area (Å²) in [7, 11) is 0. The molecule has 1 heterocycles. The molecule has 1 aromatic heterocycles. The molecular weight excluding hydrogens is 434 g/mol. The van der Waals surface area contributed by atoms with Crippen molar-refractivity contribution in [3.8, 4) is 0 Å². The molecule has 1 atom stereocenters. The fraction of sp³-hybridized carbons (Fsp3) is 0.360. The summed E-state index contributed by atoms with van der Waals surface area (Å²) in [5.74, 6) is 0.639. The molecule has 2 aromatic carbocycles. The van der Waals surface area contributed by atoms with Crippen molar-refractivity contribution in [1.82, 2.24) is 20.1 Å². The molecule has 0 unspecified atom stereocenters. The number of thioether (sulfide) groups is 1. The maximum absolute atomic E-state index is 12.6. The minimum absolute atomic E-state index is 0.0861. The quantitative estimate of drug-likeness (QED) is 0.447. The van der Waals surface area contributed by atoms with E-state index in [9.17, 15) is 9.59 Å². The number of amides is 2. The molecule has 0 bridgehead atoms. The van der Waals surface area contributed by atoms with E-state index in [1.165, 1.54) is 11.8 Å². The molecule has 0 radical (unpaired) electrons. The maximum Gasteiger partial charge on any atom is 0.251 e. The smallest absolute Gasteiger partial charge is 0.251 e. The molecule has 3 aromatic rings. The van der Waals surface area contributed by atoms with Crippen LogP contribution in [-0.2, 0) is 17.8 Å². The van der Waals surface area contributed by atoms with E-state index in [2.05, 4.69) is 27.8 Å². The van der Waals surface area contributed by atoms with E-state index in [0.717, 1.165) is 28.8 Å². The number of para-hydroxylation sites is 1. The Balaban J connectivity index is 1.65. The molecule has 0 saturated carbocycles. The number of nitrogens with zero attached hydrogens (tertiary/aromatic N) is 3. The van der Waals surface area contributed by atoms with Crippen LogP contribution in [0.3, 0.4) is 0 Å². The predicted molar refractivity (Wildman–Crippen MR) is 133 cm³/mol. The van der Waals surface area contributed by atoms with Gasteiger partial charge < -0.3 is 15.2 Å². The van der Waals surface area contributed by atoms with E-state index < -0.39 is 0 Å². The second-order valence-corrected chi connectivity index (χ2v) is 8.89. The average Bonchev–Trinajstić information content (AvgIpc) is 3.22. The topological polar surface area (TPSA) is 88.9 Å². The highest BCUT2D eigenvalue weighted by Gasteiger charge is 2.20. The molecule has 2 N–H and O–H groups in total. The molecule has 0 saturated heterocycles. The van der Waals surface area contributed by atoms with Crippen LogP contribution in [0.4, 0.5) is 5.69 Å². The van der Waals surface area contributed by atoms with Gasteiger partial charge in [0.05, 0.1) is 11.8 Å². The van der Waals surface area contributed by atoms with Gasteiger partial charge in [-0.25, -0.2) is 0 Å². The van der Waals surface area contributed by atoms with Gasteiger partial charge in [-0.3, -0.25) is 9.59 Å². The summed E-state index contributed by atoms with van der Waals surface area (Å²) in [4.78, 5) is 25.3. The van der Waals surface area contributed by atoms with Gasteiger partial charge in [-0.1, -0.05) is 54.6 Å². The molecule has 0 aliphatic heterocycles. The van der Waals surface area contributed by atoms with Gasteiger partial charge in [-0.2, -0.15) is 0 Å². The van der Waals surface area contributed by atoms with Crippen LogP contribution in [0.1, 0.15) is 59.7 Å². The van der Waals surface area contributed by atoms with Crippen molar-refractivity contribution < 1.29 is 9.59 Å². The van der Waals surface area contributed by atoms with Gasteiger partial charge in [0.1, 0.15) is 0 Å². The third kappa shape index (κ3) is 6.01. The van der Waals surface area contributed by atoms with Crippen LogP contribution >= 0.6 is 11.8 Å². The normalized spacial score (nSPS) is 11.8. The SMILES string of the molecule is CCc1cccc(C)c1NC(=O)CSc1nnc([C@H](C)NC(=O)c2cccc(C)c2)n1CC. The molecule has 0 aliphatic rings. The van der Waals surface area contributed by atoms with Gasteiger partial charge in [0.25, 0.3) is 5.91 Å². The first-order chi connectivity index (χ1) is 15.8. The van der Waals surface area contributed by atoms with E-state index in [-0.39, 0.29) is 23.6 Å². The van der Waals surface area contributed by atoms with Crippen molar-refractivity contribution in [3.63, 3.8) is 0 Å². The zero-order valence-electron chi connectivity index (χ0n) is 19.8. The van der Waals surface area contributed by atoms with Crippen LogP contribution < -0.4 is 10.6 Å². The Kier molecular flexibility index (Phi) is 8.27. The van der Waals surface area contributed by atoms with Crippen molar-refractivity contribution in [2.75, 3.05) is 11.1 Å². The number of anilines is 1. The van der Waals surface area contributed by atoms with Crippen molar-refractivity contribution in [3.05, 3.63) is 70.5 Å². The summed E-state index contributed by atoms with van der Waals surface area (Å²) >= 11 is 1.34. The highest BCUT2D eigenvalue weighted by atomic mass is 32.2. The minimum atomic E-state index is -0.326. The van der Waals surface area contributed by atoms with E-state index in [4.69, 9.17) is 0 Å². The summed E-state index contributed by atoms with van der Waals surface area (Å²) in [6.07, 6.45) is 0.851. The second kappa shape index (κ2) is 11.1. The largest absolute Gasteiger partial charge is 0.342 e. The molecule has 174 valence electrons. The zero-order valence-corrected chi connectivity index (χ0v) is 20.6. The van der Waals surface area contributed by atoms with Crippen LogP contribution in [-0.4, -0.2) is 32.3 Å². The number of benzene rings is 2. The number of carbonyl (C=O) groups excluding carboxylic acids is 2. The molecule has 7 nitrogen and oxygen atoms in total. The molecule has 0 fully saturated rings. The lowest BCUT2D eigenvalue weighted by Gasteiger charge is -2.15. The van der Waals surface area contributed by atoms with Crippen LogP contribution in [0.5, 0.6) is 0 Å². The van der Waals surface area contributed by atoms with Crippen LogP contribution in [0, 0.1) is 13.8 Å². The van der Waals surface area contributed by atoms with Crippen molar-refractivity contribution in [2.45, 2.75) is 58.8 Å².